The van der Waals surface area contributed by atoms with Crippen molar-refractivity contribution in [2.24, 2.45) is 0 Å². The van der Waals surface area contributed by atoms with Gasteiger partial charge in [-0.25, -0.2) is 8.42 Å². The van der Waals surface area contributed by atoms with Crippen LogP contribution in [0, 0.1) is 6.92 Å². The second kappa shape index (κ2) is 8.67. The van der Waals surface area contributed by atoms with Gasteiger partial charge in [0, 0.05) is 29.9 Å². The maximum atomic E-state index is 12.7. The molecule has 0 atom stereocenters. The Morgan fingerprint density at radius 1 is 1.03 bits per heavy atom. The van der Waals surface area contributed by atoms with E-state index in [0.29, 0.717) is 43.1 Å². The summed E-state index contributed by atoms with van der Waals surface area (Å²) in [6.07, 6.45) is 0. The predicted molar refractivity (Wildman–Crippen MR) is 106 cm³/mol. The Morgan fingerprint density at radius 3 is 2.23 bits per heavy atom. The lowest BCUT2D eigenvalue weighted by Crippen LogP contribution is -2.41. The van der Waals surface area contributed by atoms with Crippen LogP contribution in [0.4, 0.5) is 18.9 Å². The molecular formula is C20H19F3N2O5S. The van der Waals surface area contributed by atoms with Gasteiger partial charge in [0.25, 0.3) is 21.7 Å². The number of nitrogens with one attached hydrogen (secondary N) is 1. The average molecular weight is 456 g/mol. The summed E-state index contributed by atoms with van der Waals surface area (Å²) >= 11 is 0. The van der Waals surface area contributed by atoms with Crippen LogP contribution in [-0.4, -0.2) is 56.9 Å². The van der Waals surface area contributed by atoms with Crippen LogP contribution in [-0.2, 0) is 14.6 Å². The molecule has 1 fully saturated rings. The van der Waals surface area contributed by atoms with Crippen molar-refractivity contribution >= 4 is 27.3 Å². The second-order valence-corrected chi connectivity index (χ2v) is 8.75. The number of hydrogen-bond donors (Lipinski definition) is 1. The molecule has 166 valence electrons. The maximum Gasteiger partial charge on any atom is 0.501 e. The highest BCUT2D eigenvalue weighted by atomic mass is 32.2. The summed E-state index contributed by atoms with van der Waals surface area (Å²) in [7, 11) is -5.49. The van der Waals surface area contributed by atoms with Crippen LogP contribution in [0.5, 0.6) is 0 Å². The zero-order valence-corrected chi connectivity index (χ0v) is 17.2. The molecule has 31 heavy (non-hydrogen) atoms. The SMILES string of the molecule is Cc1c(NC(=O)c2ccc(S(=O)(=O)C(F)(F)F)cc2)cccc1C(=O)N1CCOCC1. The number of carbonyl (C=O) groups excluding carboxylic acids is 2. The summed E-state index contributed by atoms with van der Waals surface area (Å²) in [5.74, 6) is -0.853. The number of carbonyl (C=O) groups is 2. The lowest BCUT2D eigenvalue weighted by molar-refractivity contribution is -0.0436. The molecule has 0 spiro atoms. The quantitative estimate of drug-likeness (QED) is 0.764. The monoisotopic (exact) mass is 456 g/mol. The number of sulfone groups is 1. The first kappa shape index (κ1) is 22.8. The summed E-state index contributed by atoms with van der Waals surface area (Å²) in [6, 6.07) is 8.27. The Hall–Kier alpha value is -2.92. The van der Waals surface area contributed by atoms with Crippen LogP contribution < -0.4 is 5.32 Å². The van der Waals surface area contributed by atoms with Crippen LogP contribution in [0.3, 0.4) is 0 Å². The Labute approximate surface area is 176 Å². The molecule has 2 amide bonds. The molecule has 0 bridgehead atoms. The van der Waals surface area contributed by atoms with E-state index in [0.717, 1.165) is 24.3 Å². The van der Waals surface area contributed by atoms with Crippen molar-refractivity contribution in [1.29, 1.82) is 0 Å². The average Bonchev–Trinajstić information content (AvgIpc) is 2.74. The molecule has 3 rings (SSSR count). The molecule has 0 radical (unpaired) electrons. The van der Waals surface area contributed by atoms with Crippen molar-refractivity contribution in [3.8, 4) is 0 Å². The van der Waals surface area contributed by atoms with Crippen molar-refractivity contribution < 1.29 is 35.9 Å². The zero-order chi connectivity index (χ0) is 22.8. The molecule has 2 aromatic carbocycles. The Balaban J connectivity index is 1.79. The van der Waals surface area contributed by atoms with Gasteiger partial charge in [-0.15, -0.1) is 0 Å². The largest absolute Gasteiger partial charge is 0.501 e. The standard InChI is InChI=1S/C20H19F3N2O5S/c1-13-16(19(27)25-9-11-30-12-10-25)3-2-4-17(13)24-18(26)14-5-7-15(8-6-14)31(28,29)20(21,22)23/h2-8H,9-12H2,1H3,(H,24,26). The number of rotatable bonds is 4. The molecule has 1 N–H and O–H groups in total. The summed E-state index contributed by atoms with van der Waals surface area (Å²) < 4.78 is 66.0. The fraction of sp³-hybridized carbons (Fsp3) is 0.300. The van der Waals surface area contributed by atoms with Gasteiger partial charge in [-0.1, -0.05) is 6.07 Å². The molecular weight excluding hydrogens is 437 g/mol. The number of halogens is 3. The highest BCUT2D eigenvalue weighted by Crippen LogP contribution is 2.30. The number of morpholine rings is 1. The van der Waals surface area contributed by atoms with Crippen molar-refractivity contribution in [2.45, 2.75) is 17.3 Å². The first-order valence-corrected chi connectivity index (χ1v) is 10.7. The normalized spacial score (nSPS) is 14.9. The van der Waals surface area contributed by atoms with E-state index in [-0.39, 0.29) is 11.5 Å². The number of amides is 2. The number of benzene rings is 2. The van der Waals surface area contributed by atoms with Gasteiger partial charge in [-0.2, -0.15) is 13.2 Å². The summed E-state index contributed by atoms with van der Waals surface area (Å²) in [5, 5.41) is 2.61. The van der Waals surface area contributed by atoms with Crippen LogP contribution in [0.1, 0.15) is 26.3 Å². The number of ether oxygens (including phenoxy) is 1. The van der Waals surface area contributed by atoms with Gasteiger partial charge < -0.3 is 15.0 Å². The minimum absolute atomic E-state index is 0.0366. The van der Waals surface area contributed by atoms with Crippen LogP contribution in [0.25, 0.3) is 0 Å². The topological polar surface area (TPSA) is 92.8 Å². The van der Waals surface area contributed by atoms with E-state index in [2.05, 4.69) is 5.32 Å². The van der Waals surface area contributed by atoms with Crippen molar-refractivity contribution in [3.63, 3.8) is 0 Å². The Morgan fingerprint density at radius 2 is 1.65 bits per heavy atom. The van der Waals surface area contributed by atoms with Crippen molar-refractivity contribution in [3.05, 3.63) is 59.2 Å². The third-order valence-corrected chi connectivity index (χ3v) is 6.34. The molecule has 0 aliphatic carbocycles. The van der Waals surface area contributed by atoms with E-state index in [1.807, 2.05) is 0 Å². The first-order chi connectivity index (χ1) is 14.5. The molecule has 11 heteroatoms. The first-order valence-electron chi connectivity index (χ1n) is 9.22. The molecule has 1 heterocycles. The molecule has 0 unspecified atom stereocenters. The van der Waals surface area contributed by atoms with E-state index >= 15 is 0 Å². The zero-order valence-electron chi connectivity index (χ0n) is 16.4. The van der Waals surface area contributed by atoms with Gasteiger partial charge in [-0.05, 0) is 48.9 Å². The lowest BCUT2D eigenvalue weighted by atomic mass is 10.0. The highest BCUT2D eigenvalue weighted by molar-refractivity contribution is 7.92. The number of anilines is 1. The van der Waals surface area contributed by atoms with E-state index in [9.17, 15) is 31.2 Å². The molecule has 1 aliphatic rings. The van der Waals surface area contributed by atoms with E-state index in [1.165, 1.54) is 0 Å². The smallest absolute Gasteiger partial charge is 0.378 e. The van der Waals surface area contributed by atoms with Crippen molar-refractivity contribution in [1.82, 2.24) is 4.90 Å². The Bertz CT molecular complexity index is 1090. The van der Waals surface area contributed by atoms with Gasteiger partial charge in [0.2, 0.25) is 0 Å². The van der Waals surface area contributed by atoms with E-state index < -0.39 is 26.1 Å². The van der Waals surface area contributed by atoms with Gasteiger partial charge >= 0.3 is 5.51 Å². The molecule has 2 aromatic rings. The predicted octanol–water partition coefficient (Wildman–Crippen LogP) is 3.01. The third kappa shape index (κ3) is 4.72. The Kier molecular flexibility index (Phi) is 6.37. The van der Waals surface area contributed by atoms with E-state index in [4.69, 9.17) is 4.74 Å². The van der Waals surface area contributed by atoms with Gasteiger partial charge in [0.05, 0.1) is 18.1 Å². The minimum Gasteiger partial charge on any atom is -0.378 e. The maximum absolute atomic E-state index is 12.7. The van der Waals surface area contributed by atoms with Gasteiger partial charge in [0.1, 0.15) is 0 Å². The number of alkyl halides is 3. The highest BCUT2D eigenvalue weighted by Gasteiger charge is 2.46. The third-order valence-electron chi connectivity index (χ3n) is 4.84. The van der Waals surface area contributed by atoms with Gasteiger partial charge in [-0.3, -0.25) is 9.59 Å². The lowest BCUT2D eigenvalue weighted by Gasteiger charge is -2.27. The van der Waals surface area contributed by atoms with Crippen LogP contribution in [0.15, 0.2) is 47.4 Å². The summed E-state index contributed by atoms with van der Waals surface area (Å²) in [5.41, 5.74) is -4.17. The fourth-order valence-electron chi connectivity index (χ4n) is 3.05. The number of nitrogens with zero attached hydrogens (tertiary/aromatic N) is 1. The molecule has 1 aliphatic heterocycles. The number of hydrogen-bond acceptors (Lipinski definition) is 5. The van der Waals surface area contributed by atoms with E-state index in [1.54, 1.807) is 30.0 Å². The minimum atomic E-state index is -5.49. The van der Waals surface area contributed by atoms with Gasteiger partial charge in [0.15, 0.2) is 0 Å². The molecule has 1 saturated heterocycles. The van der Waals surface area contributed by atoms with Crippen LogP contribution >= 0.6 is 0 Å². The second-order valence-electron chi connectivity index (χ2n) is 6.81. The molecule has 7 nitrogen and oxygen atoms in total. The molecule has 0 aromatic heterocycles. The van der Waals surface area contributed by atoms with Crippen LogP contribution in [0.2, 0.25) is 0 Å². The fourth-order valence-corrected chi connectivity index (χ4v) is 3.81. The molecule has 0 saturated carbocycles. The summed E-state index contributed by atoms with van der Waals surface area (Å²) in [6.45, 7) is 3.48. The summed E-state index contributed by atoms with van der Waals surface area (Å²) in [4.78, 5) is 26.0. The van der Waals surface area contributed by atoms with Crippen molar-refractivity contribution in [2.75, 3.05) is 31.6 Å².